The molecular weight excluding hydrogens is 300 g/mol. The fraction of sp³-hybridized carbons (Fsp3) is 0.280. The summed E-state index contributed by atoms with van der Waals surface area (Å²) in [5.74, 6) is 1.17. The zero-order valence-electron chi connectivity index (χ0n) is 15.0. The molecule has 0 saturated heterocycles. The van der Waals surface area contributed by atoms with Crippen LogP contribution in [0.3, 0.4) is 0 Å². The van der Waals surface area contributed by atoms with Crippen LogP contribution >= 0.6 is 0 Å². The molecule has 0 amide bonds. The van der Waals surface area contributed by atoms with Crippen molar-refractivity contribution in [3.8, 4) is 0 Å². The zero-order chi connectivity index (χ0) is 17.0. The van der Waals surface area contributed by atoms with E-state index in [1.165, 1.54) is 23.1 Å². The van der Waals surface area contributed by atoms with Crippen molar-refractivity contribution in [3.63, 3.8) is 0 Å². The van der Waals surface area contributed by atoms with E-state index in [0.717, 1.165) is 6.42 Å². The summed E-state index contributed by atoms with van der Waals surface area (Å²) in [4.78, 5) is 0. The predicted octanol–water partition coefficient (Wildman–Crippen LogP) is 6.42. The normalized spacial score (nSPS) is 25.9. The van der Waals surface area contributed by atoms with Crippen molar-refractivity contribution in [2.45, 2.75) is 38.0 Å². The van der Waals surface area contributed by atoms with Crippen LogP contribution in [0.2, 0.25) is 0 Å². The van der Waals surface area contributed by atoms with E-state index < -0.39 is 0 Å². The van der Waals surface area contributed by atoms with E-state index >= 15 is 0 Å². The Morgan fingerprint density at radius 1 is 0.840 bits per heavy atom. The standard InChI is InChI=1S/C25H24/c1-25(2)16-21-23(24(21)20-14-8-9-15-22(20)25)19-13-7-6-12-18(19)17-10-4-3-5-11-17/h3-11,13-15,18,21H,12,16H2,1-2H3. The van der Waals surface area contributed by atoms with Crippen LogP contribution in [0, 0.1) is 5.92 Å². The van der Waals surface area contributed by atoms with Crippen molar-refractivity contribution in [1.29, 1.82) is 0 Å². The molecule has 2 unspecified atom stereocenters. The van der Waals surface area contributed by atoms with Crippen LogP contribution in [0.1, 0.15) is 49.3 Å². The molecule has 3 aliphatic rings. The molecule has 0 spiro atoms. The molecule has 0 aromatic heterocycles. The minimum atomic E-state index is 0.264. The highest BCUT2D eigenvalue weighted by Gasteiger charge is 2.49. The lowest BCUT2D eigenvalue weighted by Gasteiger charge is -2.32. The number of hydrogen-bond acceptors (Lipinski definition) is 0. The van der Waals surface area contributed by atoms with Gasteiger partial charge in [0.1, 0.15) is 0 Å². The first-order valence-corrected chi connectivity index (χ1v) is 9.43. The summed E-state index contributed by atoms with van der Waals surface area (Å²) >= 11 is 0. The lowest BCUT2D eigenvalue weighted by Crippen LogP contribution is -2.23. The molecule has 124 valence electrons. The van der Waals surface area contributed by atoms with E-state index in [1.54, 1.807) is 16.7 Å². The van der Waals surface area contributed by atoms with Gasteiger partial charge in [-0.3, -0.25) is 0 Å². The Morgan fingerprint density at radius 3 is 2.44 bits per heavy atom. The van der Waals surface area contributed by atoms with E-state index in [9.17, 15) is 0 Å². The van der Waals surface area contributed by atoms with Crippen molar-refractivity contribution in [3.05, 3.63) is 101 Å². The highest BCUT2D eigenvalue weighted by molar-refractivity contribution is 5.93. The van der Waals surface area contributed by atoms with Gasteiger partial charge in [0.15, 0.2) is 0 Å². The zero-order valence-corrected chi connectivity index (χ0v) is 15.0. The summed E-state index contributed by atoms with van der Waals surface area (Å²) in [6, 6.07) is 20.1. The summed E-state index contributed by atoms with van der Waals surface area (Å²) in [7, 11) is 0. The maximum Gasteiger partial charge on any atom is 0.0127 e. The molecule has 0 heterocycles. The fourth-order valence-corrected chi connectivity index (χ4v) is 5.00. The van der Waals surface area contributed by atoms with Crippen LogP contribution in [-0.2, 0) is 5.41 Å². The summed E-state index contributed by atoms with van der Waals surface area (Å²) in [5.41, 5.74) is 9.55. The van der Waals surface area contributed by atoms with Crippen LogP contribution in [0.5, 0.6) is 0 Å². The molecular formula is C25H24. The maximum absolute atomic E-state index is 2.41. The molecule has 0 heteroatoms. The number of fused-ring (bicyclic) bond motifs is 3. The molecule has 2 aromatic carbocycles. The Labute approximate surface area is 150 Å². The van der Waals surface area contributed by atoms with Gasteiger partial charge in [-0.05, 0) is 51.7 Å². The molecule has 0 N–H and O–H groups in total. The lowest BCUT2D eigenvalue weighted by atomic mass is 9.72. The first-order valence-electron chi connectivity index (χ1n) is 9.43. The van der Waals surface area contributed by atoms with Crippen molar-refractivity contribution < 1.29 is 0 Å². The Bertz CT molecular complexity index is 922. The van der Waals surface area contributed by atoms with Gasteiger partial charge in [0.25, 0.3) is 0 Å². The highest BCUT2D eigenvalue weighted by atomic mass is 14.5. The van der Waals surface area contributed by atoms with Gasteiger partial charge >= 0.3 is 0 Å². The third-order valence-electron chi connectivity index (χ3n) is 6.24. The minimum absolute atomic E-state index is 0.264. The molecule has 3 aliphatic carbocycles. The molecule has 0 radical (unpaired) electrons. The van der Waals surface area contributed by atoms with E-state index in [-0.39, 0.29) is 5.41 Å². The molecule has 0 bridgehead atoms. The van der Waals surface area contributed by atoms with Crippen molar-refractivity contribution >= 4 is 5.57 Å². The van der Waals surface area contributed by atoms with Gasteiger partial charge in [-0.2, -0.15) is 0 Å². The SMILES string of the molecule is CC1(C)CC2C(C3=CC=CCC3c3ccccc3)=C2c2ccccc21. The molecule has 25 heavy (non-hydrogen) atoms. The van der Waals surface area contributed by atoms with Gasteiger partial charge < -0.3 is 0 Å². The summed E-state index contributed by atoms with van der Waals surface area (Å²) in [5, 5.41) is 0. The Kier molecular flexibility index (Phi) is 3.19. The largest absolute Gasteiger partial charge is 0.0836 e. The molecule has 0 fully saturated rings. The molecule has 0 saturated carbocycles. The van der Waals surface area contributed by atoms with Crippen molar-refractivity contribution in [1.82, 2.24) is 0 Å². The van der Waals surface area contributed by atoms with Gasteiger partial charge in [-0.25, -0.2) is 0 Å². The molecule has 5 rings (SSSR count). The highest BCUT2D eigenvalue weighted by Crippen LogP contribution is 2.63. The van der Waals surface area contributed by atoms with Gasteiger partial charge in [0.05, 0.1) is 0 Å². The first-order chi connectivity index (χ1) is 12.2. The minimum Gasteiger partial charge on any atom is -0.0836 e. The van der Waals surface area contributed by atoms with Crippen molar-refractivity contribution in [2.75, 3.05) is 0 Å². The van der Waals surface area contributed by atoms with Crippen LogP contribution in [0.15, 0.2) is 84.0 Å². The smallest absolute Gasteiger partial charge is 0.0127 e. The second-order valence-electron chi connectivity index (χ2n) is 8.26. The van der Waals surface area contributed by atoms with Crippen LogP contribution in [0.25, 0.3) is 5.57 Å². The van der Waals surface area contributed by atoms with E-state index in [4.69, 9.17) is 0 Å². The molecule has 0 aliphatic heterocycles. The molecule has 2 aromatic rings. The lowest BCUT2D eigenvalue weighted by molar-refractivity contribution is 0.449. The topological polar surface area (TPSA) is 0 Å². The molecule has 0 nitrogen and oxygen atoms in total. The summed E-state index contributed by atoms with van der Waals surface area (Å²) < 4.78 is 0. The van der Waals surface area contributed by atoms with E-state index in [2.05, 4.69) is 86.7 Å². The van der Waals surface area contributed by atoms with Crippen LogP contribution in [0.4, 0.5) is 0 Å². The number of allylic oxidation sites excluding steroid dienone is 6. The quantitative estimate of drug-likeness (QED) is 0.598. The third kappa shape index (κ3) is 2.28. The summed E-state index contributed by atoms with van der Waals surface area (Å²) in [6.45, 7) is 4.81. The van der Waals surface area contributed by atoms with Crippen LogP contribution < -0.4 is 0 Å². The first kappa shape index (κ1) is 15.0. The maximum atomic E-state index is 2.41. The number of hydrogen-bond donors (Lipinski definition) is 0. The fourth-order valence-electron chi connectivity index (χ4n) is 5.00. The summed E-state index contributed by atoms with van der Waals surface area (Å²) in [6.07, 6.45) is 9.30. The van der Waals surface area contributed by atoms with Crippen molar-refractivity contribution in [2.24, 2.45) is 5.92 Å². The van der Waals surface area contributed by atoms with Gasteiger partial charge in [-0.1, -0.05) is 86.7 Å². The van der Waals surface area contributed by atoms with Crippen LogP contribution in [-0.4, -0.2) is 0 Å². The Hall–Kier alpha value is -2.34. The average molecular weight is 324 g/mol. The number of benzene rings is 2. The van der Waals surface area contributed by atoms with E-state index in [0.29, 0.717) is 11.8 Å². The van der Waals surface area contributed by atoms with Gasteiger partial charge in [-0.15, -0.1) is 0 Å². The Balaban J connectivity index is 1.60. The van der Waals surface area contributed by atoms with E-state index in [1.807, 2.05) is 0 Å². The van der Waals surface area contributed by atoms with Gasteiger partial charge in [0, 0.05) is 11.8 Å². The molecule has 2 atom stereocenters. The Morgan fingerprint density at radius 2 is 1.60 bits per heavy atom. The number of rotatable bonds is 2. The predicted molar refractivity (Wildman–Crippen MR) is 106 cm³/mol. The third-order valence-corrected chi connectivity index (χ3v) is 6.24. The second-order valence-corrected chi connectivity index (χ2v) is 8.26. The van der Waals surface area contributed by atoms with Gasteiger partial charge in [0.2, 0.25) is 0 Å². The average Bonchev–Trinajstić information content (AvgIpc) is 3.35. The monoisotopic (exact) mass is 324 g/mol. The second kappa shape index (κ2) is 5.33.